The molecule has 0 unspecified atom stereocenters. The van der Waals surface area contributed by atoms with E-state index in [1.807, 2.05) is 31.2 Å². The Morgan fingerprint density at radius 1 is 1.43 bits per heavy atom. The van der Waals surface area contributed by atoms with E-state index < -0.39 is 11.2 Å². The number of rotatable bonds is 4. The van der Waals surface area contributed by atoms with Crippen molar-refractivity contribution in [1.29, 1.82) is 0 Å². The van der Waals surface area contributed by atoms with Gasteiger partial charge in [0.25, 0.3) is 0 Å². The highest BCUT2D eigenvalue weighted by Gasteiger charge is 2.32. The smallest absolute Gasteiger partial charge is 0.305 e. The molecule has 1 fully saturated rings. The quantitative estimate of drug-likeness (QED) is 0.628. The molecule has 2 N–H and O–H groups in total. The SMILES string of the molecule is C/C(=N/N=C1/NC(=O)[C@H](CC(=O)O)S1)c1ccc(Br)cc1. The van der Waals surface area contributed by atoms with E-state index in [4.69, 9.17) is 5.11 Å². The molecule has 0 aromatic heterocycles. The molecule has 1 aliphatic heterocycles. The van der Waals surface area contributed by atoms with E-state index >= 15 is 0 Å². The van der Waals surface area contributed by atoms with Crippen molar-refractivity contribution in [1.82, 2.24) is 5.32 Å². The van der Waals surface area contributed by atoms with Crippen molar-refractivity contribution in [2.24, 2.45) is 10.2 Å². The lowest BCUT2D eigenvalue weighted by atomic mass is 10.1. The molecule has 0 spiro atoms. The van der Waals surface area contributed by atoms with Crippen LogP contribution < -0.4 is 5.32 Å². The van der Waals surface area contributed by atoms with Crippen LogP contribution in [0.1, 0.15) is 18.9 Å². The summed E-state index contributed by atoms with van der Waals surface area (Å²) in [4.78, 5) is 22.2. The summed E-state index contributed by atoms with van der Waals surface area (Å²) in [5.74, 6) is -1.36. The van der Waals surface area contributed by atoms with E-state index in [-0.39, 0.29) is 12.3 Å². The van der Waals surface area contributed by atoms with Gasteiger partial charge in [-0.2, -0.15) is 5.10 Å². The molecule has 0 aliphatic carbocycles. The molecule has 0 radical (unpaired) electrons. The van der Waals surface area contributed by atoms with Gasteiger partial charge in [0.2, 0.25) is 5.91 Å². The van der Waals surface area contributed by atoms with Crippen molar-refractivity contribution in [2.45, 2.75) is 18.6 Å². The maximum Gasteiger partial charge on any atom is 0.305 e. The van der Waals surface area contributed by atoms with Crippen LogP contribution in [0.15, 0.2) is 38.9 Å². The number of carbonyl (C=O) groups excluding carboxylic acids is 1. The molecule has 2 rings (SSSR count). The molecule has 1 aromatic carbocycles. The number of hydrogen-bond donors (Lipinski definition) is 2. The van der Waals surface area contributed by atoms with Crippen molar-refractivity contribution in [3.05, 3.63) is 34.3 Å². The van der Waals surface area contributed by atoms with Gasteiger partial charge in [-0.1, -0.05) is 39.8 Å². The number of nitrogens with zero attached hydrogens (tertiary/aromatic N) is 2. The molecule has 8 heteroatoms. The summed E-state index contributed by atoms with van der Waals surface area (Å²) >= 11 is 4.43. The van der Waals surface area contributed by atoms with Gasteiger partial charge in [0, 0.05) is 4.47 Å². The lowest BCUT2D eigenvalue weighted by molar-refractivity contribution is -0.138. The zero-order chi connectivity index (χ0) is 15.4. The molecule has 110 valence electrons. The Bertz CT molecular complexity index is 628. The van der Waals surface area contributed by atoms with E-state index in [0.29, 0.717) is 10.9 Å². The maximum atomic E-state index is 11.5. The highest BCUT2D eigenvalue weighted by Crippen LogP contribution is 2.22. The van der Waals surface area contributed by atoms with Crippen LogP contribution in [0.5, 0.6) is 0 Å². The van der Waals surface area contributed by atoms with Gasteiger partial charge in [0.05, 0.1) is 12.1 Å². The summed E-state index contributed by atoms with van der Waals surface area (Å²) in [5, 5.41) is 18.9. The summed E-state index contributed by atoms with van der Waals surface area (Å²) in [6.07, 6.45) is -0.231. The minimum atomic E-state index is -1.02. The summed E-state index contributed by atoms with van der Waals surface area (Å²) in [6.45, 7) is 1.81. The molecule has 1 atom stereocenters. The fourth-order valence-corrected chi connectivity index (χ4v) is 2.79. The number of aliphatic carboxylic acids is 1. The topological polar surface area (TPSA) is 91.1 Å². The normalized spacial score (nSPS) is 20.7. The summed E-state index contributed by atoms with van der Waals surface area (Å²) < 4.78 is 0.973. The molecule has 0 saturated carbocycles. The van der Waals surface area contributed by atoms with Crippen LogP contribution >= 0.6 is 27.7 Å². The van der Waals surface area contributed by atoms with Gasteiger partial charge in [-0.05, 0) is 24.6 Å². The molecule has 1 amide bonds. The number of carboxylic acids is 1. The zero-order valence-corrected chi connectivity index (χ0v) is 13.4. The molecule has 0 bridgehead atoms. The highest BCUT2D eigenvalue weighted by atomic mass is 79.9. The highest BCUT2D eigenvalue weighted by molar-refractivity contribution is 9.10. The molecular weight excluding hydrogens is 358 g/mol. The van der Waals surface area contributed by atoms with Crippen LogP contribution in [0.3, 0.4) is 0 Å². The third-order valence-corrected chi connectivity index (χ3v) is 4.29. The molecule has 21 heavy (non-hydrogen) atoms. The first-order valence-corrected chi connectivity index (χ1v) is 7.70. The largest absolute Gasteiger partial charge is 0.481 e. The minimum Gasteiger partial charge on any atom is -0.481 e. The predicted molar refractivity (Wildman–Crippen MR) is 85.6 cm³/mol. The van der Waals surface area contributed by atoms with Gasteiger partial charge in [0.1, 0.15) is 5.25 Å². The first-order valence-electron chi connectivity index (χ1n) is 6.03. The summed E-state index contributed by atoms with van der Waals surface area (Å²) in [7, 11) is 0. The Morgan fingerprint density at radius 2 is 2.10 bits per heavy atom. The maximum absolute atomic E-state index is 11.5. The van der Waals surface area contributed by atoms with Crippen LogP contribution in [-0.4, -0.2) is 33.1 Å². The van der Waals surface area contributed by atoms with Crippen LogP contribution in [0, 0.1) is 0 Å². The van der Waals surface area contributed by atoms with Gasteiger partial charge in [-0.3, -0.25) is 9.59 Å². The average Bonchev–Trinajstić information content (AvgIpc) is 2.77. The summed E-state index contributed by atoms with van der Waals surface area (Å²) in [5.41, 5.74) is 1.62. The van der Waals surface area contributed by atoms with Crippen molar-refractivity contribution in [2.75, 3.05) is 0 Å². The molecular formula is C13H12BrN3O3S. The Kier molecular flexibility index (Phi) is 5.13. The number of amidine groups is 1. The first kappa shape index (κ1) is 15.7. The van der Waals surface area contributed by atoms with Crippen molar-refractivity contribution < 1.29 is 14.7 Å². The zero-order valence-electron chi connectivity index (χ0n) is 11.0. The molecule has 6 nitrogen and oxygen atoms in total. The lowest BCUT2D eigenvalue weighted by Gasteiger charge is -1.99. The number of thioether (sulfide) groups is 1. The number of halogens is 1. The number of nitrogens with one attached hydrogen (secondary N) is 1. The molecule has 1 heterocycles. The Labute approximate surface area is 133 Å². The van der Waals surface area contributed by atoms with Gasteiger partial charge in [-0.15, -0.1) is 5.10 Å². The van der Waals surface area contributed by atoms with E-state index in [9.17, 15) is 9.59 Å². The van der Waals surface area contributed by atoms with Crippen molar-refractivity contribution >= 4 is 50.4 Å². The van der Waals surface area contributed by atoms with E-state index in [1.165, 1.54) is 0 Å². The summed E-state index contributed by atoms with van der Waals surface area (Å²) in [6, 6.07) is 7.60. The van der Waals surface area contributed by atoms with Crippen LogP contribution in [0.2, 0.25) is 0 Å². The van der Waals surface area contributed by atoms with Crippen LogP contribution in [0.4, 0.5) is 0 Å². The fourth-order valence-electron chi connectivity index (χ4n) is 1.61. The number of carbonyl (C=O) groups is 2. The van der Waals surface area contributed by atoms with Gasteiger partial charge in [0.15, 0.2) is 5.17 Å². The average molecular weight is 370 g/mol. The van der Waals surface area contributed by atoms with Crippen LogP contribution in [-0.2, 0) is 9.59 Å². The second kappa shape index (κ2) is 6.86. The second-order valence-corrected chi connectivity index (χ2v) is 6.40. The fraction of sp³-hybridized carbons (Fsp3) is 0.231. The molecule has 1 aromatic rings. The first-order chi connectivity index (χ1) is 9.95. The lowest BCUT2D eigenvalue weighted by Crippen LogP contribution is -2.26. The standard InChI is InChI=1S/C13H12BrN3O3S/c1-7(8-2-4-9(14)5-3-8)16-17-13-15-12(20)10(21-13)6-11(18)19/h2-5,10H,6H2,1H3,(H,18,19)(H,15,17,20)/b16-7-/t10-/m0/s1. The minimum absolute atomic E-state index is 0.231. The van der Waals surface area contributed by atoms with E-state index in [2.05, 4.69) is 31.4 Å². The Hall–Kier alpha value is -1.67. The number of hydrogen-bond acceptors (Lipinski definition) is 5. The van der Waals surface area contributed by atoms with Crippen molar-refractivity contribution in [3.63, 3.8) is 0 Å². The Balaban J connectivity index is 2.07. The van der Waals surface area contributed by atoms with E-state index in [1.54, 1.807) is 0 Å². The number of benzene rings is 1. The number of amides is 1. The molecule has 1 saturated heterocycles. The predicted octanol–water partition coefficient (Wildman–Crippen LogP) is 2.24. The van der Waals surface area contributed by atoms with Gasteiger partial charge >= 0.3 is 5.97 Å². The third-order valence-electron chi connectivity index (χ3n) is 2.69. The second-order valence-electron chi connectivity index (χ2n) is 4.29. The van der Waals surface area contributed by atoms with E-state index in [0.717, 1.165) is 21.8 Å². The Morgan fingerprint density at radius 3 is 2.71 bits per heavy atom. The van der Waals surface area contributed by atoms with Gasteiger partial charge in [-0.25, -0.2) is 0 Å². The number of carboxylic acid groups (broad SMARTS) is 1. The monoisotopic (exact) mass is 369 g/mol. The van der Waals surface area contributed by atoms with Crippen molar-refractivity contribution in [3.8, 4) is 0 Å². The van der Waals surface area contributed by atoms with Crippen LogP contribution in [0.25, 0.3) is 0 Å². The van der Waals surface area contributed by atoms with Gasteiger partial charge < -0.3 is 10.4 Å². The molecule has 1 aliphatic rings. The third kappa shape index (κ3) is 4.40.